The van der Waals surface area contributed by atoms with Crippen LogP contribution in [-0.4, -0.2) is 21.4 Å². The summed E-state index contributed by atoms with van der Waals surface area (Å²) in [5.41, 5.74) is 5.67. The van der Waals surface area contributed by atoms with Crippen LogP contribution < -0.4 is 5.32 Å². The topological polar surface area (TPSA) is 63.3 Å². The number of oxazole rings is 1. The Labute approximate surface area is 204 Å². The molecule has 33 heavy (non-hydrogen) atoms. The first-order valence-corrected chi connectivity index (χ1v) is 12.8. The number of hydrogen-bond donors (Lipinski definition) is 1. The number of rotatable bonds is 9. The lowest BCUT2D eigenvalue weighted by Crippen LogP contribution is -2.07. The molecule has 0 atom stereocenters. The Bertz CT molecular complexity index is 1180. The fraction of sp³-hybridized carbons (Fsp3) is 0.346. The molecule has 0 saturated heterocycles. The van der Waals surface area contributed by atoms with Gasteiger partial charge in [0.1, 0.15) is 5.76 Å². The van der Waals surface area contributed by atoms with E-state index >= 15 is 0 Å². The molecule has 4 rings (SSSR count). The molecule has 1 aromatic carbocycles. The molecule has 172 valence electrons. The number of nitrogens with one attached hydrogen (secondary N) is 1. The number of nitrogens with zero attached hydrogens (tertiary/aromatic N) is 3. The van der Waals surface area contributed by atoms with E-state index in [0.29, 0.717) is 17.7 Å². The summed E-state index contributed by atoms with van der Waals surface area (Å²) in [5.74, 6) is 2.34. The van der Waals surface area contributed by atoms with E-state index < -0.39 is 0 Å². The van der Waals surface area contributed by atoms with Crippen molar-refractivity contribution in [3.63, 3.8) is 0 Å². The molecule has 0 saturated carbocycles. The van der Waals surface area contributed by atoms with Crippen LogP contribution in [0.25, 0.3) is 11.5 Å². The largest absolute Gasteiger partial charge is 0.441 e. The van der Waals surface area contributed by atoms with Gasteiger partial charge in [-0.25, -0.2) is 9.97 Å². The molecule has 0 aliphatic carbocycles. The van der Waals surface area contributed by atoms with E-state index in [-0.39, 0.29) is 0 Å². The predicted octanol–water partition coefficient (Wildman–Crippen LogP) is 7.53. The number of hydrogen-bond acceptors (Lipinski definition) is 7. The first kappa shape index (κ1) is 23.5. The summed E-state index contributed by atoms with van der Waals surface area (Å²) >= 11 is 3.42. The summed E-state index contributed by atoms with van der Waals surface area (Å²) < 4.78 is 7.03. The molecule has 0 amide bonds. The van der Waals surface area contributed by atoms with Gasteiger partial charge in [0.05, 0.1) is 16.1 Å². The van der Waals surface area contributed by atoms with Gasteiger partial charge in [0.2, 0.25) is 5.89 Å². The number of aromatic nitrogens is 2. The number of benzene rings is 1. The minimum absolute atomic E-state index is 0.304. The highest BCUT2D eigenvalue weighted by molar-refractivity contribution is 8.01. The lowest BCUT2D eigenvalue weighted by atomic mass is 9.87. The van der Waals surface area contributed by atoms with Crippen LogP contribution in [0, 0.1) is 12.3 Å². The molecular formula is C26H30N4OS2. The second kappa shape index (κ2) is 10.1. The highest BCUT2D eigenvalue weighted by Crippen LogP contribution is 2.33. The summed E-state index contributed by atoms with van der Waals surface area (Å²) in [5, 5.41) is 4.16. The van der Waals surface area contributed by atoms with Crippen molar-refractivity contribution in [2.75, 3.05) is 11.1 Å². The van der Waals surface area contributed by atoms with E-state index in [0.717, 1.165) is 46.4 Å². The molecule has 0 radical (unpaired) electrons. The van der Waals surface area contributed by atoms with Crippen molar-refractivity contribution >= 4 is 33.9 Å². The zero-order valence-electron chi connectivity index (χ0n) is 19.6. The molecule has 1 N–H and O–H groups in total. The predicted molar refractivity (Wildman–Crippen MR) is 140 cm³/mol. The maximum Gasteiger partial charge on any atom is 0.226 e. The normalized spacial score (nSPS) is 13.7. The van der Waals surface area contributed by atoms with Gasteiger partial charge in [-0.15, -0.1) is 11.8 Å². The van der Waals surface area contributed by atoms with Crippen LogP contribution in [0.5, 0.6) is 0 Å². The second-order valence-corrected chi connectivity index (χ2v) is 11.8. The van der Waals surface area contributed by atoms with Crippen LogP contribution in [0.2, 0.25) is 0 Å². The van der Waals surface area contributed by atoms with Crippen LogP contribution >= 0.6 is 23.1 Å². The smallest absolute Gasteiger partial charge is 0.226 e. The van der Waals surface area contributed by atoms with Crippen molar-refractivity contribution in [2.45, 2.75) is 51.2 Å². The molecule has 5 nitrogen and oxygen atoms in total. The molecule has 0 unspecified atom stereocenters. The van der Waals surface area contributed by atoms with Crippen molar-refractivity contribution < 1.29 is 4.42 Å². The second-order valence-electron chi connectivity index (χ2n) is 9.46. The zero-order valence-corrected chi connectivity index (χ0v) is 21.3. The number of aliphatic imine (C=N–C) groups is 1. The molecule has 3 aromatic rings. The number of thiazole rings is 1. The molecular weight excluding hydrogens is 448 g/mol. The molecule has 2 aromatic heterocycles. The molecule has 0 bridgehead atoms. The number of allylic oxidation sites excluding steroid dienone is 2. The summed E-state index contributed by atoms with van der Waals surface area (Å²) in [7, 11) is 0. The Morgan fingerprint density at radius 1 is 1.24 bits per heavy atom. The number of thioether (sulfide) groups is 1. The van der Waals surface area contributed by atoms with Crippen LogP contribution in [0.3, 0.4) is 0 Å². The summed E-state index contributed by atoms with van der Waals surface area (Å²) in [6.07, 6.45) is 6.65. The van der Waals surface area contributed by atoms with Gasteiger partial charge in [-0.1, -0.05) is 56.9 Å². The Kier molecular flexibility index (Phi) is 7.20. The summed E-state index contributed by atoms with van der Waals surface area (Å²) in [4.78, 5) is 13.8. The Hall–Kier alpha value is -2.64. The highest BCUT2D eigenvalue weighted by Gasteiger charge is 2.18. The van der Waals surface area contributed by atoms with Crippen LogP contribution in [0.15, 0.2) is 74.2 Å². The van der Waals surface area contributed by atoms with Gasteiger partial charge in [0.25, 0.3) is 0 Å². The maximum atomic E-state index is 5.86. The minimum atomic E-state index is 0.304. The Morgan fingerprint density at radius 2 is 2.03 bits per heavy atom. The van der Waals surface area contributed by atoms with E-state index in [1.807, 2.05) is 43.5 Å². The molecule has 1 aliphatic rings. The molecule has 0 fully saturated rings. The van der Waals surface area contributed by atoms with Gasteiger partial charge >= 0.3 is 0 Å². The quantitative estimate of drug-likeness (QED) is 0.322. The van der Waals surface area contributed by atoms with Gasteiger partial charge in [-0.05, 0) is 36.5 Å². The van der Waals surface area contributed by atoms with Gasteiger partial charge in [0.15, 0.2) is 5.13 Å². The van der Waals surface area contributed by atoms with Crippen LogP contribution in [0.4, 0.5) is 5.13 Å². The lowest BCUT2D eigenvalue weighted by Gasteiger charge is -2.18. The SMILES string of the molecule is C=C(Cc1nc(-c2ccccc2)oc1C)Nc1ncc(SCC2=NC=C(CC(C)(C)C)C2)s1. The van der Waals surface area contributed by atoms with Crippen molar-refractivity contribution in [1.29, 1.82) is 0 Å². The molecule has 7 heteroatoms. The van der Waals surface area contributed by atoms with Gasteiger partial charge < -0.3 is 9.73 Å². The molecule has 1 aliphatic heterocycles. The van der Waals surface area contributed by atoms with E-state index in [9.17, 15) is 0 Å². The van der Waals surface area contributed by atoms with E-state index in [2.05, 4.69) is 53.8 Å². The van der Waals surface area contributed by atoms with Crippen molar-refractivity contribution in [3.8, 4) is 11.5 Å². The zero-order chi connectivity index (χ0) is 23.4. The van der Waals surface area contributed by atoms with Gasteiger partial charge in [-0.3, -0.25) is 4.99 Å². The Balaban J connectivity index is 1.26. The van der Waals surface area contributed by atoms with Crippen LogP contribution in [-0.2, 0) is 6.42 Å². The maximum absolute atomic E-state index is 5.86. The van der Waals surface area contributed by atoms with E-state index in [1.54, 1.807) is 23.1 Å². The van der Waals surface area contributed by atoms with Crippen molar-refractivity contribution in [1.82, 2.24) is 9.97 Å². The van der Waals surface area contributed by atoms with Crippen LogP contribution in [0.1, 0.15) is 45.1 Å². The first-order valence-electron chi connectivity index (χ1n) is 11.0. The van der Waals surface area contributed by atoms with E-state index in [1.165, 1.54) is 15.5 Å². The van der Waals surface area contributed by atoms with Crippen molar-refractivity contribution in [2.24, 2.45) is 10.4 Å². The fourth-order valence-corrected chi connectivity index (χ4v) is 5.50. The number of anilines is 1. The van der Waals surface area contributed by atoms with E-state index in [4.69, 9.17) is 4.42 Å². The average molecular weight is 479 g/mol. The highest BCUT2D eigenvalue weighted by atomic mass is 32.2. The third-order valence-electron chi connectivity index (χ3n) is 5.06. The lowest BCUT2D eigenvalue weighted by molar-refractivity contribution is 0.408. The van der Waals surface area contributed by atoms with Crippen molar-refractivity contribution in [3.05, 3.63) is 72.0 Å². The van der Waals surface area contributed by atoms with Gasteiger partial charge in [-0.2, -0.15) is 0 Å². The monoisotopic (exact) mass is 478 g/mol. The minimum Gasteiger partial charge on any atom is -0.441 e. The average Bonchev–Trinajstić information content (AvgIpc) is 3.47. The third-order valence-corrected chi connectivity index (χ3v) is 7.24. The summed E-state index contributed by atoms with van der Waals surface area (Å²) in [6.45, 7) is 12.9. The first-order chi connectivity index (χ1) is 15.7. The summed E-state index contributed by atoms with van der Waals surface area (Å²) in [6, 6.07) is 9.93. The fourth-order valence-electron chi connectivity index (χ4n) is 3.65. The Morgan fingerprint density at radius 3 is 2.79 bits per heavy atom. The molecule has 3 heterocycles. The number of aryl methyl sites for hydroxylation is 1. The van der Waals surface area contributed by atoms with Gasteiger partial charge in [0, 0.05) is 41.8 Å². The standard InChI is InChI=1S/C26H30N4OS2/c1-17(11-22-18(2)31-24(30-22)20-9-7-6-8-10-20)29-25-28-15-23(33-25)32-16-21-12-19(14-27-21)13-26(3,4)5/h6-10,14-15H,1,11-13,16H2,2-5H3,(H,28,29). The third kappa shape index (κ3) is 6.68. The molecule has 0 spiro atoms.